The van der Waals surface area contributed by atoms with Crippen LogP contribution in [0, 0.1) is 0 Å². The van der Waals surface area contributed by atoms with Gasteiger partial charge in [0, 0.05) is 37.2 Å². The summed E-state index contributed by atoms with van der Waals surface area (Å²) in [6, 6.07) is 10.8. The zero-order valence-corrected chi connectivity index (χ0v) is 15.3. The molecule has 6 nitrogen and oxygen atoms in total. The van der Waals surface area contributed by atoms with E-state index in [0.29, 0.717) is 30.6 Å². The minimum Gasteiger partial charge on any atom is -0.497 e. The second kappa shape index (κ2) is 8.21. The van der Waals surface area contributed by atoms with E-state index in [0.717, 1.165) is 16.5 Å². The number of nitrogens with zero attached hydrogens (tertiary/aromatic N) is 2. The van der Waals surface area contributed by atoms with E-state index in [-0.39, 0.29) is 11.7 Å². The van der Waals surface area contributed by atoms with Gasteiger partial charge in [0.1, 0.15) is 10.9 Å². The van der Waals surface area contributed by atoms with E-state index >= 15 is 0 Å². The predicted octanol–water partition coefficient (Wildman–Crippen LogP) is 3.78. The molecule has 3 aromatic rings. The van der Waals surface area contributed by atoms with E-state index in [2.05, 4.69) is 4.98 Å². The maximum atomic E-state index is 12.7. The summed E-state index contributed by atoms with van der Waals surface area (Å²) in [4.78, 5) is 18.7. The lowest BCUT2D eigenvalue weighted by Crippen LogP contribution is -2.33. The quantitative estimate of drug-likeness (QED) is 0.589. The molecule has 3 rings (SSSR count). The first-order chi connectivity index (χ1) is 12.6. The molecule has 7 heteroatoms. The van der Waals surface area contributed by atoms with Gasteiger partial charge in [-0.05, 0) is 30.3 Å². The van der Waals surface area contributed by atoms with Crippen LogP contribution in [0.5, 0.6) is 5.75 Å². The number of fused-ring (bicyclic) bond motifs is 1. The van der Waals surface area contributed by atoms with Gasteiger partial charge in [-0.1, -0.05) is 11.6 Å². The number of carbonyl (C=O) groups is 1. The molecule has 0 aliphatic carbocycles. The van der Waals surface area contributed by atoms with Crippen molar-refractivity contribution in [1.29, 1.82) is 0 Å². The molecule has 1 aromatic carbocycles. The van der Waals surface area contributed by atoms with Crippen molar-refractivity contribution < 1.29 is 18.7 Å². The highest BCUT2D eigenvalue weighted by molar-refractivity contribution is 6.30. The van der Waals surface area contributed by atoms with Crippen molar-refractivity contribution in [2.45, 2.75) is 6.54 Å². The summed E-state index contributed by atoms with van der Waals surface area (Å²) in [5, 5.41) is 1.27. The number of amides is 1. The molecule has 26 heavy (non-hydrogen) atoms. The molecule has 0 atom stereocenters. The summed E-state index contributed by atoms with van der Waals surface area (Å²) in [7, 11) is 3.19. The molecule has 0 bridgehead atoms. The number of hydrogen-bond donors (Lipinski definition) is 0. The predicted molar refractivity (Wildman–Crippen MR) is 98.6 cm³/mol. The van der Waals surface area contributed by atoms with Crippen molar-refractivity contribution >= 4 is 28.4 Å². The van der Waals surface area contributed by atoms with Crippen LogP contribution < -0.4 is 4.74 Å². The molecular formula is C19H19ClN2O4. The number of pyridine rings is 1. The monoisotopic (exact) mass is 374 g/mol. The van der Waals surface area contributed by atoms with Gasteiger partial charge in [-0.15, -0.1) is 0 Å². The first-order valence-corrected chi connectivity index (χ1v) is 8.45. The van der Waals surface area contributed by atoms with Gasteiger partial charge < -0.3 is 18.8 Å². The lowest BCUT2D eigenvalue weighted by molar-refractivity contribution is 0.0649. The molecular weight excluding hydrogens is 356 g/mol. The number of methoxy groups -OCH3 is 2. The highest BCUT2D eigenvalue weighted by atomic mass is 35.5. The van der Waals surface area contributed by atoms with E-state index in [1.165, 1.54) is 6.26 Å². The second-order valence-corrected chi connectivity index (χ2v) is 6.05. The third-order valence-electron chi connectivity index (χ3n) is 4.00. The van der Waals surface area contributed by atoms with Crippen LogP contribution in [0.1, 0.15) is 16.1 Å². The average Bonchev–Trinajstić information content (AvgIpc) is 3.19. The van der Waals surface area contributed by atoms with Crippen LogP contribution in [0.15, 0.2) is 47.1 Å². The van der Waals surface area contributed by atoms with Crippen molar-refractivity contribution in [2.24, 2.45) is 0 Å². The van der Waals surface area contributed by atoms with Gasteiger partial charge in [0.25, 0.3) is 5.91 Å². The van der Waals surface area contributed by atoms with Crippen molar-refractivity contribution in [1.82, 2.24) is 9.88 Å². The van der Waals surface area contributed by atoms with Crippen LogP contribution in [0.2, 0.25) is 5.15 Å². The molecule has 0 fully saturated rings. The van der Waals surface area contributed by atoms with Gasteiger partial charge in [0.2, 0.25) is 0 Å². The van der Waals surface area contributed by atoms with Crippen LogP contribution in [-0.4, -0.2) is 43.2 Å². The topological polar surface area (TPSA) is 64.8 Å². The molecule has 136 valence electrons. The van der Waals surface area contributed by atoms with Crippen LogP contribution >= 0.6 is 11.6 Å². The van der Waals surface area contributed by atoms with Crippen molar-refractivity contribution in [3.63, 3.8) is 0 Å². The number of rotatable bonds is 7. The van der Waals surface area contributed by atoms with Crippen LogP contribution in [0.4, 0.5) is 0 Å². The van der Waals surface area contributed by atoms with Crippen molar-refractivity contribution in [3.05, 3.63) is 59.1 Å². The minimum absolute atomic E-state index is 0.224. The molecule has 0 unspecified atom stereocenters. The van der Waals surface area contributed by atoms with E-state index < -0.39 is 0 Å². The first-order valence-electron chi connectivity index (χ1n) is 8.07. The van der Waals surface area contributed by atoms with E-state index in [1.54, 1.807) is 31.3 Å². The number of carbonyl (C=O) groups excluding carboxylic acids is 1. The summed E-state index contributed by atoms with van der Waals surface area (Å²) in [6.45, 7) is 1.12. The van der Waals surface area contributed by atoms with Crippen LogP contribution in [-0.2, 0) is 11.3 Å². The SMILES string of the molecule is COCCN(Cc1cc2ccc(OC)cc2nc1Cl)C(=O)c1ccco1. The number of ether oxygens (including phenoxy) is 2. The molecule has 2 heterocycles. The van der Waals surface area contributed by atoms with Gasteiger partial charge in [0.15, 0.2) is 5.76 Å². The Balaban J connectivity index is 1.90. The molecule has 0 saturated carbocycles. The Kier molecular flexibility index (Phi) is 5.75. The molecule has 0 spiro atoms. The molecule has 0 aliphatic rings. The zero-order chi connectivity index (χ0) is 18.5. The maximum Gasteiger partial charge on any atom is 0.289 e. The number of hydrogen-bond acceptors (Lipinski definition) is 5. The summed E-state index contributed by atoms with van der Waals surface area (Å²) in [5.41, 5.74) is 1.49. The standard InChI is InChI=1S/C19H19ClN2O4/c1-24-9-7-22(19(23)17-4-3-8-26-17)12-14-10-13-5-6-15(25-2)11-16(13)21-18(14)20/h3-6,8,10-11H,7,9,12H2,1-2H3. The molecule has 2 aromatic heterocycles. The van der Waals surface area contributed by atoms with Crippen LogP contribution in [0.25, 0.3) is 10.9 Å². The summed E-state index contributed by atoms with van der Waals surface area (Å²) < 4.78 is 15.6. The van der Waals surface area contributed by atoms with Crippen LogP contribution in [0.3, 0.4) is 0 Å². The smallest absolute Gasteiger partial charge is 0.289 e. The van der Waals surface area contributed by atoms with Gasteiger partial charge in [-0.2, -0.15) is 0 Å². The largest absolute Gasteiger partial charge is 0.497 e. The molecule has 0 N–H and O–H groups in total. The van der Waals surface area contributed by atoms with E-state index in [4.69, 9.17) is 25.5 Å². The average molecular weight is 375 g/mol. The van der Waals surface area contributed by atoms with Gasteiger partial charge >= 0.3 is 0 Å². The Morgan fingerprint density at radius 2 is 2.12 bits per heavy atom. The Labute approximate surface area is 156 Å². The maximum absolute atomic E-state index is 12.7. The van der Waals surface area contributed by atoms with Gasteiger partial charge in [0.05, 0.1) is 25.5 Å². The lowest BCUT2D eigenvalue weighted by Gasteiger charge is -2.22. The summed E-state index contributed by atoms with van der Waals surface area (Å²) in [6.07, 6.45) is 1.47. The first kappa shape index (κ1) is 18.2. The summed E-state index contributed by atoms with van der Waals surface area (Å²) in [5.74, 6) is 0.761. The fourth-order valence-electron chi connectivity index (χ4n) is 2.62. The normalized spacial score (nSPS) is 10.9. The molecule has 0 radical (unpaired) electrons. The third kappa shape index (κ3) is 3.98. The number of furan rings is 1. The molecule has 1 amide bonds. The summed E-state index contributed by atoms with van der Waals surface area (Å²) >= 11 is 6.36. The lowest BCUT2D eigenvalue weighted by atomic mass is 10.1. The number of halogens is 1. The minimum atomic E-state index is -0.224. The van der Waals surface area contributed by atoms with E-state index in [1.807, 2.05) is 24.3 Å². The Morgan fingerprint density at radius 1 is 1.27 bits per heavy atom. The van der Waals surface area contributed by atoms with Gasteiger partial charge in [-0.3, -0.25) is 4.79 Å². The Bertz CT molecular complexity index is 896. The zero-order valence-electron chi connectivity index (χ0n) is 14.6. The fourth-order valence-corrected chi connectivity index (χ4v) is 2.83. The van der Waals surface area contributed by atoms with Crippen molar-refractivity contribution in [3.8, 4) is 5.75 Å². The third-order valence-corrected chi connectivity index (χ3v) is 4.32. The number of benzene rings is 1. The highest BCUT2D eigenvalue weighted by Crippen LogP contribution is 2.25. The van der Waals surface area contributed by atoms with Gasteiger partial charge in [-0.25, -0.2) is 4.98 Å². The molecule has 0 saturated heterocycles. The Morgan fingerprint density at radius 3 is 2.81 bits per heavy atom. The number of aromatic nitrogens is 1. The van der Waals surface area contributed by atoms with Crippen molar-refractivity contribution in [2.75, 3.05) is 27.4 Å². The fraction of sp³-hybridized carbons (Fsp3) is 0.263. The highest BCUT2D eigenvalue weighted by Gasteiger charge is 2.20. The van der Waals surface area contributed by atoms with E-state index in [9.17, 15) is 4.79 Å². The second-order valence-electron chi connectivity index (χ2n) is 5.69. The Hall–Kier alpha value is -2.57. The molecule has 0 aliphatic heterocycles.